The van der Waals surface area contributed by atoms with Crippen molar-refractivity contribution < 1.29 is 5.11 Å². The van der Waals surface area contributed by atoms with Gasteiger partial charge < -0.3 is 16.2 Å². The van der Waals surface area contributed by atoms with Gasteiger partial charge in [-0.3, -0.25) is 0 Å². The van der Waals surface area contributed by atoms with Crippen LogP contribution in [0.5, 0.6) is 0 Å². The van der Waals surface area contributed by atoms with Crippen LogP contribution in [0.1, 0.15) is 19.3 Å². The SMILES string of the molecule is Nc1nccc(NCC2(CCO)CC2)n1. The molecule has 0 spiro atoms. The van der Waals surface area contributed by atoms with E-state index in [1.165, 1.54) is 12.8 Å². The zero-order valence-electron chi connectivity index (χ0n) is 8.61. The Kier molecular flexibility index (Phi) is 2.73. The predicted molar refractivity (Wildman–Crippen MR) is 58.3 cm³/mol. The Morgan fingerprint density at radius 2 is 2.33 bits per heavy atom. The fourth-order valence-electron chi connectivity index (χ4n) is 1.68. The number of aromatic nitrogens is 2. The molecule has 1 aromatic rings. The molecule has 1 aliphatic rings. The largest absolute Gasteiger partial charge is 0.396 e. The van der Waals surface area contributed by atoms with Crippen molar-refractivity contribution in [2.45, 2.75) is 19.3 Å². The van der Waals surface area contributed by atoms with Crippen molar-refractivity contribution in [3.63, 3.8) is 0 Å². The van der Waals surface area contributed by atoms with E-state index in [-0.39, 0.29) is 18.0 Å². The van der Waals surface area contributed by atoms with Crippen LogP contribution in [-0.4, -0.2) is 28.2 Å². The minimum Gasteiger partial charge on any atom is -0.396 e. The molecule has 1 aromatic heterocycles. The van der Waals surface area contributed by atoms with Crippen LogP contribution in [0.2, 0.25) is 0 Å². The fourth-order valence-corrected chi connectivity index (χ4v) is 1.68. The molecular formula is C10H16N4O. The third-order valence-corrected chi connectivity index (χ3v) is 2.92. The van der Waals surface area contributed by atoms with Crippen molar-refractivity contribution in [3.8, 4) is 0 Å². The van der Waals surface area contributed by atoms with E-state index in [2.05, 4.69) is 15.3 Å². The predicted octanol–water partition coefficient (Wildman–Crippen LogP) is 0.633. The molecule has 5 nitrogen and oxygen atoms in total. The van der Waals surface area contributed by atoms with E-state index < -0.39 is 0 Å². The minimum atomic E-state index is 0.258. The van der Waals surface area contributed by atoms with Gasteiger partial charge >= 0.3 is 0 Å². The standard InChI is InChI=1S/C10H16N4O/c11-9-12-5-1-8(14-9)13-7-10(2-3-10)4-6-15/h1,5,15H,2-4,6-7H2,(H3,11,12,13,14). The maximum atomic E-state index is 8.91. The molecular weight excluding hydrogens is 192 g/mol. The first-order valence-electron chi connectivity index (χ1n) is 5.17. The van der Waals surface area contributed by atoms with Gasteiger partial charge in [-0.15, -0.1) is 0 Å². The zero-order valence-corrected chi connectivity index (χ0v) is 8.61. The van der Waals surface area contributed by atoms with E-state index in [1.807, 2.05) is 0 Å². The Morgan fingerprint density at radius 1 is 1.53 bits per heavy atom. The third kappa shape index (κ3) is 2.56. The van der Waals surface area contributed by atoms with Crippen molar-refractivity contribution >= 4 is 11.8 Å². The molecule has 1 heterocycles. The van der Waals surface area contributed by atoms with E-state index in [0.29, 0.717) is 0 Å². The molecule has 1 aliphatic carbocycles. The number of hydrogen-bond donors (Lipinski definition) is 3. The van der Waals surface area contributed by atoms with E-state index in [1.54, 1.807) is 12.3 Å². The Morgan fingerprint density at radius 3 is 2.93 bits per heavy atom. The molecule has 4 N–H and O–H groups in total. The van der Waals surface area contributed by atoms with Crippen LogP contribution in [0, 0.1) is 5.41 Å². The van der Waals surface area contributed by atoms with Gasteiger partial charge in [-0.05, 0) is 30.7 Å². The van der Waals surface area contributed by atoms with Gasteiger partial charge in [-0.2, -0.15) is 4.98 Å². The monoisotopic (exact) mass is 208 g/mol. The lowest BCUT2D eigenvalue weighted by atomic mass is 10.0. The molecule has 0 atom stereocenters. The Labute approximate surface area is 88.7 Å². The van der Waals surface area contributed by atoms with E-state index in [0.717, 1.165) is 18.8 Å². The minimum absolute atomic E-state index is 0.258. The summed E-state index contributed by atoms with van der Waals surface area (Å²) in [5, 5.41) is 12.1. The van der Waals surface area contributed by atoms with Gasteiger partial charge in [0.2, 0.25) is 5.95 Å². The number of nitrogen functional groups attached to an aromatic ring is 1. The number of anilines is 2. The van der Waals surface area contributed by atoms with Crippen LogP contribution in [0.4, 0.5) is 11.8 Å². The molecule has 0 aliphatic heterocycles. The van der Waals surface area contributed by atoms with Crippen LogP contribution in [0.25, 0.3) is 0 Å². The average Bonchev–Trinajstić information content (AvgIpc) is 2.97. The molecule has 0 unspecified atom stereocenters. The Hall–Kier alpha value is -1.36. The molecule has 0 radical (unpaired) electrons. The summed E-state index contributed by atoms with van der Waals surface area (Å²) in [6.07, 6.45) is 4.86. The third-order valence-electron chi connectivity index (χ3n) is 2.92. The molecule has 0 amide bonds. The number of hydrogen-bond acceptors (Lipinski definition) is 5. The number of rotatable bonds is 5. The van der Waals surface area contributed by atoms with Gasteiger partial charge in [0, 0.05) is 19.3 Å². The lowest BCUT2D eigenvalue weighted by molar-refractivity contribution is 0.253. The normalized spacial score (nSPS) is 17.4. The summed E-state index contributed by atoms with van der Waals surface area (Å²) in [6, 6.07) is 1.80. The van der Waals surface area contributed by atoms with Crippen LogP contribution in [0.3, 0.4) is 0 Å². The van der Waals surface area contributed by atoms with Crippen molar-refractivity contribution in [1.82, 2.24) is 9.97 Å². The first-order chi connectivity index (χ1) is 7.24. The second kappa shape index (κ2) is 4.02. The molecule has 0 bridgehead atoms. The molecule has 82 valence electrons. The number of nitrogens with zero attached hydrogens (tertiary/aromatic N) is 2. The van der Waals surface area contributed by atoms with Crippen molar-refractivity contribution in [2.24, 2.45) is 5.41 Å². The zero-order chi connectivity index (χ0) is 10.7. The van der Waals surface area contributed by atoms with Gasteiger partial charge in [-0.25, -0.2) is 4.98 Å². The summed E-state index contributed by atoms with van der Waals surface area (Å²) in [4.78, 5) is 7.88. The highest BCUT2D eigenvalue weighted by Crippen LogP contribution is 2.48. The van der Waals surface area contributed by atoms with Crippen LogP contribution >= 0.6 is 0 Å². The number of nitrogens with two attached hydrogens (primary N) is 1. The first-order valence-corrected chi connectivity index (χ1v) is 5.17. The smallest absolute Gasteiger partial charge is 0.221 e. The lowest BCUT2D eigenvalue weighted by Gasteiger charge is -2.14. The van der Waals surface area contributed by atoms with E-state index in [9.17, 15) is 0 Å². The first kappa shape index (κ1) is 10.2. The summed E-state index contributed by atoms with van der Waals surface area (Å²) in [7, 11) is 0. The highest BCUT2D eigenvalue weighted by atomic mass is 16.3. The molecule has 15 heavy (non-hydrogen) atoms. The fraction of sp³-hybridized carbons (Fsp3) is 0.600. The quantitative estimate of drug-likeness (QED) is 0.661. The van der Waals surface area contributed by atoms with Crippen molar-refractivity contribution in [3.05, 3.63) is 12.3 Å². The number of aliphatic hydroxyl groups excluding tert-OH is 1. The molecule has 2 rings (SSSR count). The summed E-state index contributed by atoms with van der Waals surface area (Å²) >= 11 is 0. The lowest BCUT2D eigenvalue weighted by Crippen LogP contribution is -2.17. The van der Waals surface area contributed by atoms with Gasteiger partial charge in [0.15, 0.2) is 0 Å². The average molecular weight is 208 g/mol. The highest BCUT2D eigenvalue weighted by Gasteiger charge is 2.41. The van der Waals surface area contributed by atoms with Gasteiger partial charge in [0.05, 0.1) is 0 Å². The Balaban J connectivity index is 1.88. The van der Waals surface area contributed by atoms with Crippen LogP contribution in [0.15, 0.2) is 12.3 Å². The molecule has 0 aromatic carbocycles. The van der Waals surface area contributed by atoms with Crippen molar-refractivity contribution in [2.75, 3.05) is 24.2 Å². The molecule has 1 fully saturated rings. The van der Waals surface area contributed by atoms with Gasteiger partial charge in [0.1, 0.15) is 5.82 Å². The number of aliphatic hydroxyl groups is 1. The maximum absolute atomic E-state index is 8.91. The van der Waals surface area contributed by atoms with Crippen LogP contribution < -0.4 is 11.1 Å². The van der Waals surface area contributed by atoms with Gasteiger partial charge in [-0.1, -0.05) is 0 Å². The second-order valence-corrected chi connectivity index (χ2v) is 4.13. The molecule has 5 heteroatoms. The van der Waals surface area contributed by atoms with E-state index >= 15 is 0 Å². The molecule has 1 saturated carbocycles. The summed E-state index contributed by atoms with van der Waals surface area (Å²) in [6.45, 7) is 1.11. The number of nitrogens with one attached hydrogen (secondary N) is 1. The molecule has 0 saturated heterocycles. The Bertz CT molecular complexity index is 338. The topological polar surface area (TPSA) is 84.1 Å². The van der Waals surface area contributed by atoms with Crippen molar-refractivity contribution in [1.29, 1.82) is 0 Å². The summed E-state index contributed by atoms with van der Waals surface area (Å²) in [5.41, 5.74) is 5.76. The maximum Gasteiger partial charge on any atom is 0.221 e. The van der Waals surface area contributed by atoms with E-state index in [4.69, 9.17) is 10.8 Å². The highest BCUT2D eigenvalue weighted by molar-refractivity contribution is 5.37. The van der Waals surface area contributed by atoms with Crippen LogP contribution in [-0.2, 0) is 0 Å². The summed E-state index contributed by atoms with van der Waals surface area (Å²) in [5.74, 6) is 1.04. The summed E-state index contributed by atoms with van der Waals surface area (Å²) < 4.78 is 0. The van der Waals surface area contributed by atoms with Gasteiger partial charge in [0.25, 0.3) is 0 Å². The second-order valence-electron chi connectivity index (χ2n) is 4.13.